The first-order valence-corrected chi connectivity index (χ1v) is 6.72. The second-order valence-corrected chi connectivity index (χ2v) is 4.93. The maximum Gasteiger partial charge on any atom is 0.416 e. The summed E-state index contributed by atoms with van der Waals surface area (Å²) in [7, 11) is 0. The Balaban J connectivity index is 2.16. The number of amides is 1. The Bertz CT molecular complexity index is 746. The van der Waals surface area contributed by atoms with Crippen LogP contribution >= 0.6 is 0 Å². The molecule has 1 N–H and O–H groups in total. The lowest BCUT2D eigenvalue weighted by molar-refractivity contribution is -0.137. The molecule has 0 radical (unpaired) electrons. The van der Waals surface area contributed by atoms with Gasteiger partial charge in [0.15, 0.2) is 5.69 Å². The number of rotatable bonds is 4. The van der Waals surface area contributed by atoms with Gasteiger partial charge in [-0.15, -0.1) is 0 Å². The van der Waals surface area contributed by atoms with Crippen LogP contribution in [0.15, 0.2) is 36.5 Å². The molecule has 1 heterocycles. The maximum atomic E-state index is 12.7. The molecule has 23 heavy (non-hydrogen) atoms. The second kappa shape index (κ2) is 6.52. The zero-order chi connectivity index (χ0) is 17.0. The molecule has 1 unspecified atom stereocenters. The van der Waals surface area contributed by atoms with Crippen molar-refractivity contribution >= 4 is 5.91 Å². The highest BCUT2D eigenvalue weighted by Crippen LogP contribution is 2.30. The second-order valence-electron chi connectivity index (χ2n) is 4.93. The lowest BCUT2D eigenvalue weighted by Gasteiger charge is -2.08. The molecule has 0 saturated heterocycles. The van der Waals surface area contributed by atoms with E-state index >= 15 is 0 Å². The molecular weight excluding hydrogens is 309 g/mol. The van der Waals surface area contributed by atoms with Crippen molar-refractivity contribution in [2.24, 2.45) is 5.92 Å². The van der Waals surface area contributed by atoms with E-state index in [2.05, 4.69) is 10.4 Å². The van der Waals surface area contributed by atoms with Crippen LogP contribution in [0.2, 0.25) is 0 Å². The highest BCUT2D eigenvalue weighted by atomic mass is 19.4. The number of aromatic nitrogens is 2. The number of benzene rings is 1. The molecule has 1 amide bonds. The van der Waals surface area contributed by atoms with Crippen molar-refractivity contribution in [2.45, 2.75) is 13.1 Å². The monoisotopic (exact) mass is 322 g/mol. The molecule has 0 saturated carbocycles. The lowest BCUT2D eigenvalue weighted by atomic mass is 10.2. The summed E-state index contributed by atoms with van der Waals surface area (Å²) in [4.78, 5) is 11.9. The van der Waals surface area contributed by atoms with Crippen LogP contribution in [0, 0.1) is 17.2 Å². The minimum Gasteiger partial charge on any atom is -0.349 e. The first-order chi connectivity index (χ1) is 10.8. The molecule has 1 aromatic heterocycles. The smallest absolute Gasteiger partial charge is 0.349 e. The lowest BCUT2D eigenvalue weighted by Crippen LogP contribution is -2.28. The maximum absolute atomic E-state index is 12.7. The predicted molar refractivity (Wildman–Crippen MR) is 75.7 cm³/mol. The van der Waals surface area contributed by atoms with Crippen LogP contribution in [0.5, 0.6) is 0 Å². The molecule has 5 nitrogen and oxygen atoms in total. The summed E-state index contributed by atoms with van der Waals surface area (Å²) in [6.07, 6.45) is -3.05. The number of hydrogen-bond acceptors (Lipinski definition) is 3. The summed E-state index contributed by atoms with van der Waals surface area (Å²) in [5.74, 6) is -0.831. The first kappa shape index (κ1) is 16.5. The number of nitrogens with zero attached hydrogens (tertiary/aromatic N) is 3. The summed E-state index contributed by atoms with van der Waals surface area (Å²) in [6.45, 7) is 1.83. The van der Waals surface area contributed by atoms with Crippen molar-refractivity contribution < 1.29 is 18.0 Å². The van der Waals surface area contributed by atoms with Crippen LogP contribution in [-0.4, -0.2) is 22.2 Å². The molecule has 0 aliphatic rings. The predicted octanol–water partition coefficient (Wildman–Crippen LogP) is 2.78. The van der Waals surface area contributed by atoms with Gasteiger partial charge in [-0.05, 0) is 31.2 Å². The Morgan fingerprint density at radius 3 is 2.83 bits per heavy atom. The average molecular weight is 322 g/mol. The number of alkyl halides is 3. The van der Waals surface area contributed by atoms with Crippen LogP contribution in [0.1, 0.15) is 23.0 Å². The van der Waals surface area contributed by atoms with Gasteiger partial charge in [-0.25, -0.2) is 4.68 Å². The van der Waals surface area contributed by atoms with Gasteiger partial charge in [-0.2, -0.15) is 23.5 Å². The van der Waals surface area contributed by atoms with E-state index in [1.807, 2.05) is 6.07 Å². The van der Waals surface area contributed by atoms with Crippen molar-refractivity contribution in [3.63, 3.8) is 0 Å². The van der Waals surface area contributed by atoms with E-state index in [4.69, 9.17) is 5.26 Å². The summed E-state index contributed by atoms with van der Waals surface area (Å²) >= 11 is 0. The van der Waals surface area contributed by atoms with Gasteiger partial charge >= 0.3 is 6.18 Å². The van der Waals surface area contributed by atoms with Crippen LogP contribution < -0.4 is 5.32 Å². The molecule has 0 spiro atoms. The van der Waals surface area contributed by atoms with Crippen LogP contribution in [0.25, 0.3) is 5.69 Å². The molecule has 0 bridgehead atoms. The number of carbonyl (C=O) groups excluding carboxylic acids is 1. The van der Waals surface area contributed by atoms with Crippen molar-refractivity contribution in [1.29, 1.82) is 5.26 Å². The quantitative estimate of drug-likeness (QED) is 0.941. The largest absolute Gasteiger partial charge is 0.416 e. The molecule has 1 aromatic carbocycles. The fraction of sp³-hybridized carbons (Fsp3) is 0.267. The zero-order valence-corrected chi connectivity index (χ0v) is 12.1. The third kappa shape index (κ3) is 4.10. The van der Waals surface area contributed by atoms with E-state index in [1.165, 1.54) is 29.1 Å². The number of carbonyl (C=O) groups is 1. The minimum atomic E-state index is -4.45. The molecule has 0 fully saturated rings. The number of halogens is 3. The summed E-state index contributed by atoms with van der Waals surface area (Å²) in [5.41, 5.74) is -0.531. The van der Waals surface area contributed by atoms with Gasteiger partial charge in [0.2, 0.25) is 0 Å². The van der Waals surface area contributed by atoms with Gasteiger partial charge in [0, 0.05) is 12.7 Å². The van der Waals surface area contributed by atoms with Crippen LogP contribution in [0.3, 0.4) is 0 Å². The zero-order valence-electron chi connectivity index (χ0n) is 12.1. The van der Waals surface area contributed by atoms with Crippen LogP contribution in [0.4, 0.5) is 13.2 Å². The van der Waals surface area contributed by atoms with Crippen LogP contribution in [-0.2, 0) is 6.18 Å². The van der Waals surface area contributed by atoms with E-state index in [9.17, 15) is 18.0 Å². The van der Waals surface area contributed by atoms with Gasteiger partial charge in [0.05, 0.1) is 23.2 Å². The van der Waals surface area contributed by atoms with E-state index in [-0.39, 0.29) is 23.8 Å². The highest BCUT2D eigenvalue weighted by Gasteiger charge is 2.30. The number of nitrogens with one attached hydrogen (secondary N) is 1. The van der Waals surface area contributed by atoms with Crippen molar-refractivity contribution in [3.8, 4) is 11.8 Å². The van der Waals surface area contributed by atoms with Gasteiger partial charge in [-0.1, -0.05) is 6.07 Å². The third-order valence-electron chi connectivity index (χ3n) is 3.05. The van der Waals surface area contributed by atoms with E-state index in [0.717, 1.165) is 12.1 Å². The SMILES string of the molecule is CC(C#N)CNC(=O)c1ccn(-c2cccc(C(F)(F)F)c2)n1. The fourth-order valence-electron chi connectivity index (χ4n) is 1.80. The minimum absolute atomic E-state index is 0.0625. The normalized spacial score (nSPS) is 12.5. The van der Waals surface area contributed by atoms with Gasteiger partial charge in [-0.3, -0.25) is 4.79 Å². The Morgan fingerprint density at radius 2 is 2.17 bits per heavy atom. The molecule has 2 aromatic rings. The van der Waals surface area contributed by atoms with Gasteiger partial charge in [0.1, 0.15) is 0 Å². The molecule has 1 atom stereocenters. The fourth-order valence-corrected chi connectivity index (χ4v) is 1.80. The molecule has 120 valence electrons. The van der Waals surface area contributed by atoms with Crippen molar-refractivity contribution in [3.05, 3.63) is 47.8 Å². The summed E-state index contributed by atoms with van der Waals surface area (Å²) < 4.78 is 39.3. The Morgan fingerprint density at radius 1 is 1.43 bits per heavy atom. The van der Waals surface area contributed by atoms with Gasteiger partial charge in [0.25, 0.3) is 5.91 Å². The Kier molecular flexibility index (Phi) is 4.69. The average Bonchev–Trinajstić information content (AvgIpc) is 3.01. The molecular formula is C15H13F3N4O. The van der Waals surface area contributed by atoms with E-state index < -0.39 is 17.6 Å². The number of nitriles is 1. The summed E-state index contributed by atoms with van der Waals surface area (Å²) in [5, 5.41) is 15.1. The summed E-state index contributed by atoms with van der Waals surface area (Å²) in [6, 6.07) is 8.02. The van der Waals surface area contributed by atoms with Crippen molar-refractivity contribution in [1.82, 2.24) is 15.1 Å². The topological polar surface area (TPSA) is 70.7 Å². The molecule has 2 rings (SSSR count). The highest BCUT2D eigenvalue weighted by molar-refractivity contribution is 5.92. The first-order valence-electron chi connectivity index (χ1n) is 6.72. The molecule has 0 aliphatic carbocycles. The number of hydrogen-bond donors (Lipinski definition) is 1. The van der Waals surface area contributed by atoms with Crippen molar-refractivity contribution in [2.75, 3.05) is 6.54 Å². The Hall–Kier alpha value is -2.82. The van der Waals surface area contributed by atoms with E-state index in [1.54, 1.807) is 6.92 Å². The molecule has 0 aliphatic heterocycles. The van der Waals surface area contributed by atoms with E-state index in [0.29, 0.717) is 0 Å². The standard InChI is InChI=1S/C15H13F3N4O/c1-10(8-19)9-20-14(23)13-5-6-22(21-13)12-4-2-3-11(7-12)15(16,17)18/h2-7,10H,9H2,1H3,(H,20,23). The third-order valence-corrected chi connectivity index (χ3v) is 3.05. The molecule has 8 heteroatoms. The van der Waals surface area contributed by atoms with Gasteiger partial charge < -0.3 is 5.32 Å². The Labute approximate surface area is 130 Å².